The zero-order valence-electron chi connectivity index (χ0n) is 23.6. The lowest BCUT2D eigenvalue weighted by Gasteiger charge is -2.30. The van der Waals surface area contributed by atoms with Gasteiger partial charge in [-0.15, -0.1) is 0 Å². The van der Waals surface area contributed by atoms with Crippen molar-refractivity contribution in [3.63, 3.8) is 0 Å². The number of aryl methyl sites for hydroxylation is 1. The Morgan fingerprint density at radius 1 is 0.932 bits per heavy atom. The Hall–Kier alpha value is -4.00. The van der Waals surface area contributed by atoms with Crippen LogP contribution in [0, 0.1) is 12.8 Å². The van der Waals surface area contributed by atoms with E-state index in [1.165, 1.54) is 21.2 Å². The van der Waals surface area contributed by atoms with E-state index >= 15 is 0 Å². The number of thiazole rings is 1. The summed E-state index contributed by atoms with van der Waals surface area (Å²) in [5.74, 6) is -2.84. The predicted molar refractivity (Wildman–Crippen MR) is 172 cm³/mol. The van der Waals surface area contributed by atoms with Crippen LogP contribution in [0.4, 0.5) is 11.4 Å². The highest BCUT2D eigenvalue weighted by Crippen LogP contribution is 2.54. The van der Waals surface area contributed by atoms with Crippen LogP contribution >= 0.6 is 39.0 Å². The first kappa shape index (κ1) is 30.0. The fourth-order valence-corrected chi connectivity index (χ4v) is 8.52. The van der Waals surface area contributed by atoms with E-state index in [0.717, 1.165) is 26.9 Å². The average Bonchev–Trinajstić information content (AvgIpc) is 3.45. The van der Waals surface area contributed by atoms with Gasteiger partial charge in [-0.05, 0) is 67.9 Å². The number of carbonyl (C=O) groups is 4. The number of nitrogens with zero attached hydrogens (tertiary/aromatic N) is 2. The summed E-state index contributed by atoms with van der Waals surface area (Å²) in [6, 6.07) is 21.0. The molecule has 1 fully saturated rings. The maximum Gasteiger partial charge on any atom is 0.338 e. The standard InChI is InChI=1S/C32H26BrN3O6S2/c1-3-42-31(40)19-8-12-21(13-9-19)34-23(37)16-35-30-27(44-32(35)41)24(18-6-10-20(33)11-7-18)25-26(43-30)29(39)36(28(25)38)22-14-4-17(2)5-15-22/h4-15,24-26H,3,16H2,1-2H3,(H,34,37)/t24-,25?,26?/m1/s1. The van der Waals surface area contributed by atoms with Gasteiger partial charge in [-0.3, -0.25) is 23.7 Å². The van der Waals surface area contributed by atoms with Crippen molar-refractivity contribution in [3.05, 3.63) is 109 Å². The number of halogens is 1. The third kappa shape index (κ3) is 5.53. The molecule has 0 spiro atoms. The summed E-state index contributed by atoms with van der Waals surface area (Å²) < 4.78 is 7.23. The van der Waals surface area contributed by atoms with E-state index in [1.807, 2.05) is 43.3 Å². The van der Waals surface area contributed by atoms with Crippen molar-refractivity contribution in [2.75, 3.05) is 16.8 Å². The summed E-state index contributed by atoms with van der Waals surface area (Å²) in [5.41, 5.74) is 3.12. The van der Waals surface area contributed by atoms with Crippen molar-refractivity contribution >= 4 is 74.1 Å². The summed E-state index contributed by atoms with van der Waals surface area (Å²) in [4.78, 5) is 67.8. The number of ether oxygens (including phenoxy) is 1. The van der Waals surface area contributed by atoms with Crippen LogP contribution in [-0.4, -0.2) is 40.1 Å². The second kappa shape index (κ2) is 12.2. The summed E-state index contributed by atoms with van der Waals surface area (Å²) in [5, 5.41) is 2.50. The molecular formula is C32H26BrN3O6S2. The Kier molecular flexibility index (Phi) is 8.32. The number of fused-ring (bicyclic) bond motifs is 2. The van der Waals surface area contributed by atoms with E-state index in [0.29, 0.717) is 26.8 Å². The topological polar surface area (TPSA) is 115 Å². The van der Waals surface area contributed by atoms with Crippen molar-refractivity contribution < 1.29 is 23.9 Å². The van der Waals surface area contributed by atoms with Crippen molar-refractivity contribution in [1.29, 1.82) is 0 Å². The first-order chi connectivity index (χ1) is 21.2. The van der Waals surface area contributed by atoms with E-state index in [9.17, 15) is 24.0 Å². The fourth-order valence-electron chi connectivity index (χ4n) is 5.48. The van der Waals surface area contributed by atoms with E-state index in [1.54, 1.807) is 43.3 Å². The fraction of sp³-hybridized carbons (Fsp3) is 0.219. The van der Waals surface area contributed by atoms with Gasteiger partial charge >= 0.3 is 10.8 Å². The Balaban J connectivity index is 1.33. The van der Waals surface area contributed by atoms with Crippen LogP contribution in [0.2, 0.25) is 0 Å². The third-order valence-corrected chi connectivity index (χ3v) is 10.7. The Labute approximate surface area is 269 Å². The molecule has 1 N–H and O–H groups in total. The van der Waals surface area contributed by atoms with E-state index < -0.39 is 29.0 Å². The molecule has 3 heterocycles. The maximum absolute atomic E-state index is 14.0. The van der Waals surface area contributed by atoms with Gasteiger partial charge in [0.25, 0.3) is 0 Å². The van der Waals surface area contributed by atoms with Gasteiger partial charge in [0.1, 0.15) is 11.8 Å². The van der Waals surface area contributed by atoms with Crippen LogP contribution < -0.4 is 15.1 Å². The van der Waals surface area contributed by atoms with Gasteiger partial charge in [-0.25, -0.2) is 9.69 Å². The van der Waals surface area contributed by atoms with Crippen molar-refractivity contribution in [2.45, 2.75) is 36.6 Å². The van der Waals surface area contributed by atoms with Gasteiger partial charge in [-0.1, -0.05) is 68.9 Å². The Morgan fingerprint density at radius 3 is 2.27 bits per heavy atom. The molecule has 224 valence electrons. The monoisotopic (exact) mass is 691 g/mol. The molecule has 2 unspecified atom stereocenters. The zero-order chi connectivity index (χ0) is 31.1. The lowest BCUT2D eigenvalue weighted by atomic mass is 9.83. The minimum absolute atomic E-state index is 0.253. The van der Waals surface area contributed by atoms with Gasteiger partial charge in [0.05, 0.1) is 28.8 Å². The number of aromatic nitrogens is 1. The summed E-state index contributed by atoms with van der Waals surface area (Å²) in [7, 11) is 0. The SMILES string of the molecule is CCOC(=O)c1ccc(NC(=O)Cn2c3c(sc2=O)[C@H](c2ccc(Br)cc2)C2C(=O)N(c4ccc(C)cc4)C(=O)C2S3)cc1. The molecule has 4 aromatic rings. The lowest BCUT2D eigenvalue weighted by molar-refractivity contribution is -0.122. The van der Waals surface area contributed by atoms with Gasteiger partial charge in [0.15, 0.2) is 0 Å². The number of hydrogen-bond acceptors (Lipinski definition) is 8. The number of rotatable bonds is 7. The van der Waals surface area contributed by atoms with Crippen LogP contribution in [0.1, 0.15) is 39.2 Å². The Morgan fingerprint density at radius 2 is 1.61 bits per heavy atom. The van der Waals surface area contributed by atoms with Gasteiger partial charge < -0.3 is 10.1 Å². The highest BCUT2D eigenvalue weighted by atomic mass is 79.9. The van der Waals surface area contributed by atoms with Crippen LogP contribution in [-0.2, 0) is 25.7 Å². The number of nitrogens with one attached hydrogen (secondary N) is 1. The number of benzene rings is 3. The molecule has 1 aromatic heterocycles. The molecule has 2 aliphatic heterocycles. The highest BCUT2D eigenvalue weighted by Gasteiger charge is 2.56. The summed E-state index contributed by atoms with van der Waals surface area (Å²) in [6.07, 6.45) is 0. The van der Waals surface area contributed by atoms with Gasteiger partial charge in [0, 0.05) is 21.0 Å². The Bertz CT molecular complexity index is 1830. The number of esters is 1. The van der Waals surface area contributed by atoms with Crippen LogP contribution in [0.25, 0.3) is 0 Å². The molecule has 3 atom stereocenters. The first-order valence-electron chi connectivity index (χ1n) is 13.8. The lowest BCUT2D eigenvalue weighted by Crippen LogP contribution is -2.33. The van der Waals surface area contributed by atoms with Crippen LogP contribution in [0.15, 0.2) is 87.1 Å². The molecule has 9 nitrogen and oxygen atoms in total. The van der Waals surface area contributed by atoms with E-state index in [4.69, 9.17) is 4.74 Å². The third-order valence-electron chi connectivity index (χ3n) is 7.55. The zero-order valence-corrected chi connectivity index (χ0v) is 26.8. The normalized spacial score (nSPS) is 19.0. The highest BCUT2D eigenvalue weighted by molar-refractivity contribution is 9.10. The smallest absolute Gasteiger partial charge is 0.338 e. The second-order valence-corrected chi connectivity index (χ2v) is 13.4. The van der Waals surface area contributed by atoms with Gasteiger partial charge in [0.2, 0.25) is 17.7 Å². The van der Waals surface area contributed by atoms with Crippen molar-refractivity contribution in [2.24, 2.45) is 5.92 Å². The average molecular weight is 693 g/mol. The van der Waals surface area contributed by atoms with Crippen molar-refractivity contribution in [3.8, 4) is 0 Å². The van der Waals surface area contributed by atoms with E-state index in [-0.39, 0.29) is 29.8 Å². The van der Waals surface area contributed by atoms with Crippen LogP contribution in [0.3, 0.4) is 0 Å². The minimum Gasteiger partial charge on any atom is -0.462 e. The molecule has 3 aromatic carbocycles. The molecule has 0 radical (unpaired) electrons. The maximum atomic E-state index is 14.0. The van der Waals surface area contributed by atoms with Crippen molar-refractivity contribution in [1.82, 2.24) is 4.57 Å². The molecule has 12 heteroatoms. The minimum atomic E-state index is -0.774. The molecule has 1 saturated heterocycles. The van der Waals surface area contributed by atoms with Crippen LogP contribution in [0.5, 0.6) is 0 Å². The first-order valence-corrected chi connectivity index (χ1v) is 16.3. The number of carbonyl (C=O) groups excluding carboxylic acids is 4. The number of imide groups is 1. The molecule has 2 aliphatic rings. The number of hydrogen-bond donors (Lipinski definition) is 1. The number of amides is 3. The molecule has 3 amide bonds. The quantitative estimate of drug-likeness (QED) is 0.198. The number of anilines is 2. The number of thioether (sulfide) groups is 1. The largest absolute Gasteiger partial charge is 0.462 e. The second-order valence-electron chi connectivity index (χ2n) is 10.4. The van der Waals surface area contributed by atoms with Gasteiger partial charge in [-0.2, -0.15) is 0 Å². The molecule has 0 saturated carbocycles. The van der Waals surface area contributed by atoms with E-state index in [2.05, 4.69) is 21.2 Å². The summed E-state index contributed by atoms with van der Waals surface area (Å²) >= 11 is 5.62. The molecular weight excluding hydrogens is 666 g/mol. The molecule has 0 bridgehead atoms. The molecule has 6 rings (SSSR count). The molecule has 0 aliphatic carbocycles. The molecule has 44 heavy (non-hydrogen) atoms. The predicted octanol–water partition coefficient (Wildman–Crippen LogP) is 5.59. The summed E-state index contributed by atoms with van der Waals surface area (Å²) in [6.45, 7) is 3.62.